The van der Waals surface area contributed by atoms with Crippen molar-refractivity contribution in [3.63, 3.8) is 0 Å². The summed E-state index contributed by atoms with van der Waals surface area (Å²) in [5.41, 5.74) is 2.00. The van der Waals surface area contributed by atoms with Crippen LogP contribution in [0.15, 0.2) is 30.7 Å². The maximum absolute atomic E-state index is 11.4. The lowest BCUT2D eigenvalue weighted by molar-refractivity contribution is 0.0601. The fourth-order valence-electron chi connectivity index (χ4n) is 1.37. The summed E-state index contributed by atoms with van der Waals surface area (Å²) in [7, 11) is 1.32. The number of benzene rings is 1. The Bertz CT molecular complexity index is 509. The third-order valence-corrected chi connectivity index (χ3v) is 2.51. The van der Waals surface area contributed by atoms with Crippen LogP contribution in [0.5, 0.6) is 0 Å². The van der Waals surface area contributed by atoms with E-state index in [1.807, 2.05) is 6.07 Å². The van der Waals surface area contributed by atoms with Gasteiger partial charge in [0.15, 0.2) is 0 Å². The monoisotopic (exact) mass is 236 g/mol. The number of ether oxygens (including phenoxy) is 1. The summed E-state index contributed by atoms with van der Waals surface area (Å²) in [6.07, 6.45) is 3.24. The average Bonchev–Trinajstić information content (AvgIpc) is 2.82. The lowest BCUT2D eigenvalue weighted by atomic mass is 10.1. The van der Waals surface area contributed by atoms with E-state index in [4.69, 9.17) is 11.6 Å². The maximum Gasteiger partial charge on any atom is 0.339 e. The van der Waals surface area contributed by atoms with E-state index in [-0.39, 0.29) is 0 Å². The Morgan fingerprint density at radius 2 is 2.31 bits per heavy atom. The van der Waals surface area contributed by atoms with Crippen molar-refractivity contribution in [2.24, 2.45) is 0 Å². The zero-order chi connectivity index (χ0) is 11.5. The molecule has 0 aliphatic carbocycles. The van der Waals surface area contributed by atoms with E-state index < -0.39 is 5.97 Å². The van der Waals surface area contributed by atoms with Gasteiger partial charge in [0.2, 0.25) is 0 Å². The van der Waals surface area contributed by atoms with Gasteiger partial charge < -0.3 is 9.72 Å². The number of hydrogen-bond acceptors (Lipinski definition) is 3. The molecule has 0 saturated carbocycles. The molecule has 0 unspecified atom stereocenters. The van der Waals surface area contributed by atoms with Crippen molar-refractivity contribution in [2.75, 3.05) is 7.11 Å². The second-order valence-electron chi connectivity index (χ2n) is 3.15. The van der Waals surface area contributed by atoms with Gasteiger partial charge >= 0.3 is 5.97 Å². The van der Waals surface area contributed by atoms with Crippen molar-refractivity contribution in [2.45, 2.75) is 0 Å². The fraction of sp³-hybridized carbons (Fsp3) is 0.0909. The van der Waals surface area contributed by atoms with Crippen molar-refractivity contribution in [1.82, 2.24) is 9.97 Å². The Labute approximate surface area is 97.2 Å². The lowest BCUT2D eigenvalue weighted by Crippen LogP contribution is -2.02. The highest BCUT2D eigenvalue weighted by Gasteiger charge is 2.12. The number of methoxy groups -OCH3 is 1. The van der Waals surface area contributed by atoms with Crippen molar-refractivity contribution in [3.05, 3.63) is 41.3 Å². The van der Waals surface area contributed by atoms with Crippen LogP contribution in [-0.4, -0.2) is 23.0 Å². The van der Waals surface area contributed by atoms with Crippen LogP contribution in [0.3, 0.4) is 0 Å². The highest BCUT2D eigenvalue weighted by molar-refractivity contribution is 6.33. The van der Waals surface area contributed by atoms with Gasteiger partial charge in [-0.1, -0.05) is 17.7 Å². The fourth-order valence-corrected chi connectivity index (χ4v) is 1.57. The molecule has 0 atom stereocenters. The Balaban J connectivity index is 2.47. The molecule has 0 radical (unpaired) electrons. The largest absolute Gasteiger partial charge is 0.465 e. The molecule has 1 N–H and O–H groups in total. The van der Waals surface area contributed by atoms with Crippen molar-refractivity contribution in [3.8, 4) is 11.3 Å². The molecule has 0 aliphatic rings. The van der Waals surface area contributed by atoms with Gasteiger partial charge in [-0.3, -0.25) is 0 Å². The van der Waals surface area contributed by atoms with Gasteiger partial charge in [-0.2, -0.15) is 0 Å². The minimum Gasteiger partial charge on any atom is -0.465 e. The van der Waals surface area contributed by atoms with Crippen LogP contribution in [-0.2, 0) is 4.74 Å². The summed E-state index contributed by atoms with van der Waals surface area (Å²) < 4.78 is 4.64. The zero-order valence-corrected chi connectivity index (χ0v) is 9.28. The number of aromatic amines is 1. The third-order valence-electron chi connectivity index (χ3n) is 2.18. The first kappa shape index (κ1) is 10.7. The van der Waals surface area contributed by atoms with Gasteiger partial charge in [0.1, 0.15) is 0 Å². The number of carbonyl (C=O) groups is 1. The SMILES string of the molecule is COC(=O)c1cc(-c2cnc[nH]2)ccc1Cl. The second-order valence-corrected chi connectivity index (χ2v) is 3.56. The maximum atomic E-state index is 11.4. The molecule has 2 aromatic rings. The van der Waals surface area contributed by atoms with Crippen LogP contribution in [0.4, 0.5) is 0 Å². The van der Waals surface area contributed by atoms with Crippen molar-refractivity contribution < 1.29 is 9.53 Å². The van der Waals surface area contributed by atoms with Crippen LogP contribution in [0.2, 0.25) is 5.02 Å². The van der Waals surface area contributed by atoms with E-state index in [1.165, 1.54) is 7.11 Å². The van der Waals surface area contributed by atoms with E-state index in [2.05, 4.69) is 14.7 Å². The number of H-pyrrole nitrogens is 1. The molecule has 1 aromatic carbocycles. The van der Waals surface area contributed by atoms with E-state index in [0.717, 1.165) is 11.3 Å². The molecule has 2 rings (SSSR count). The van der Waals surface area contributed by atoms with E-state index in [0.29, 0.717) is 10.6 Å². The van der Waals surface area contributed by atoms with Gasteiger partial charge in [0.05, 0.1) is 35.9 Å². The highest BCUT2D eigenvalue weighted by atomic mass is 35.5. The zero-order valence-electron chi connectivity index (χ0n) is 8.53. The van der Waals surface area contributed by atoms with E-state index in [9.17, 15) is 4.79 Å². The number of hydrogen-bond donors (Lipinski definition) is 1. The van der Waals surface area contributed by atoms with Crippen molar-refractivity contribution >= 4 is 17.6 Å². The molecule has 5 heteroatoms. The minimum absolute atomic E-state index is 0.344. The van der Waals surface area contributed by atoms with Gasteiger partial charge in [-0.25, -0.2) is 9.78 Å². The summed E-state index contributed by atoms with van der Waals surface area (Å²) in [6, 6.07) is 5.13. The molecule has 82 valence electrons. The number of carbonyl (C=O) groups excluding carboxylic acids is 1. The molecule has 0 saturated heterocycles. The summed E-state index contributed by atoms with van der Waals surface area (Å²) in [5, 5.41) is 0.370. The van der Waals surface area contributed by atoms with Crippen LogP contribution >= 0.6 is 11.6 Å². The summed E-state index contributed by atoms with van der Waals surface area (Å²) >= 11 is 5.90. The molecule has 0 bridgehead atoms. The summed E-state index contributed by atoms with van der Waals surface area (Å²) in [4.78, 5) is 18.3. The van der Waals surface area contributed by atoms with Crippen LogP contribution in [0, 0.1) is 0 Å². The molecular formula is C11H9ClN2O2. The molecule has 0 aliphatic heterocycles. The highest BCUT2D eigenvalue weighted by Crippen LogP contribution is 2.24. The van der Waals surface area contributed by atoms with Crippen LogP contribution < -0.4 is 0 Å². The Morgan fingerprint density at radius 1 is 1.50 bits per heavy atom. The summed E-state index contributed by atoms with van der Waals surface area (Å²) in [6.45, 7) is 0. The number of imidazole rings is 1. The topological polar surface area (TPSA) is 55.0 Å². The molecule has 1 heterocycles. The first-order chi connectivity index (χ1) is 7.72. The van der Waals surface area contributed by atoms with Gasteiger partial charge in [-0.05, 0) is 12.1 Å². The van der Waals surface area contributed by atoms with Crippen LogP contribution in [0.1, 0.15) is 10.4 Å². The van der Waals surface area contributed by atoms with Crippen molar-refractivity contribution in [1.29, 1.82) is 0 Å². The second kappa shape index (κ2) is 4.37. The number of esters is 1. The molecule has 1 aromatic heterocycles. The number of rotatable bonds is 2. The number of nitrogens with one attached hydrogen (secondary N) is 1. The van der Waals surface area contributed by atoms with Crippen LogP contribution in [0.25, 0.3) is 11.3 Å². The predicted molar refractivity (Wildman–Crippen MR) is 60.4 cm³/mol. The van der Waals surface area contributed by atoms with Gasteiger partial charge in [0, 0.05) is 5.56 Å². The lowest BCUT2D eigenvalue weighted by Gasteiger charge is -2.04. The Hall–Kier alpha value is -1.81. The molecule has 0 fully saturated rings. The number of halogens is 1. The number of nitrogens with zero attached hydrogens (tertiary/aromatic N) is 1. The molecule has 0 spiro atoms. The standard InChI is InChI=1S/C11H9ClN2O2/c1-16-11(15)8-4-7(2-3-9(8)12)10-5-13-6-14-10/h2-6H,1H3,(H,13,14). The molecule has 16 heavy (non-hydrogen) atoms. The first-order valence-corrected chi connectivity index (χ1v) is 4.97. The third kappa shape index (κ3) is 1.92. The minimum atomic E-state index is -0.452. The van der Waals surface area contributed by atoms with E-state index in [1.54, 1.807) is 24.7 Å². The van der Waals surface area contributed by atoms with E-state index >= 15 is 0 Å². The number of aromatic nitrogens is 2. The summed E-state index contributed by atoms with van der Waals surface area (Å²) in [5.74, 6) is -0.452. The molecule has 0 amide bonds. The molecule has 4 nitrogen and oxygen atoms in total. The van der Waals surface area contributed by atoms with Gasteiger partial charge in [0.25, 0.3) is 0 Å². The smallest absolute Gasteiger partial charge is 0.339 e. The predicted octanol–water partition coefficient (Wildman–Crippen LogP) is 2.52. The first-order valence-electron chi connectivity index (χ1n) is 4.59. The normalized spacial score (nSPS) is 10.1. The average molecular weight is 237 g/mol. The van der Waals surface area contributed by atoms with Gasteiger partial charge in [-0.15, -0.1) is 0 Å². The Kier molecular flexibility index (Phi) is 2.92. The molecular weight excluding hydrogens is 228 g/mol. The Morgan fingerprint density at radius 3 is 2.94 bits per heavy atom. The quantitative estimate of drug-likeness (QED) is 0.816.